The van der Waals surface area contributed by atoms with E-state index in [-0.39, 0.29) is 6.04 Å². The number of rotatable bonds is 4. The Morgan fingerprint density at radius 2 is 1.65 bits per heavy atom. The molecule has 1 N–H and O–H groups in total. The quantitative estimate of drug-likeness (QED) is 0.716. The molecule has 0 spiro atoms. The van der Waals surface area contributed by atoms with Gasteiger partial charge < -0.3 is 5.32 Å². The van der Waals surface area contributed by atoms with Gasteiger partial charge in [-0.05, 0) is 60.8 Å². The van der Waals surface area contributed by atoms with Crippen LogP contribution in [-0.2, 0) is 0 Å². The lowest BCUT2D eigenvalue weighted by molar-refractivity contribution is 0.627. The Labute approximate surface area is 138 Å². The lowest BCUT2D eigenvalue weighted by Gasteiger charge is -2.22. The molecular weight excluding hydrogens is 378 g/mol. The summed E-state index contributed by atoms with van der Waals surface area (Å²) in [6.07, 6.45) is 0. The van der Waals surface area contributed by atoms with Crippen LogP contribution in [0, 0.1) is 13.8 Å². The zero-order valence-electron chi connectivity index (χ0n) is 12.0. The summed E-state index contributed by atoms with van der Waals surface area (Å²) in [6, 6.07) is 13.3. The van der Waals surface area contributed by atoms with Crippen LogP contribution in [0.25, 0.3) is 0 Å². The number of nitrogens with one attached hydrogen (secondary N) is 1. The van der Waals surface area contributed by atoms with Crippen LogP contribution in [0.4, 0.5) is 0 Å². The monoisotopic (exact) mass is 395 g/mol. The first-order valence-electron chi connectivity index (χ1n) is 6.78. The lowest BCUT2D eigenvalue weighted by atomic mass is 9.93. The number of hydrogen-bond donors (Lipinski definition) is 1. The maximum Gasteiger partial charge on any atom is 0.0579 e. The van der Waals surface area contributed by atoms with Gasteiger partial charge in [-0.25, -0.2) is 0 Å². The van der Waals surface area contributed by atoms with Crippen LogP contribution in [0.5, 0.6) is 0 Å². The van der Waals surface area contributed by atoms with E-state index in [0.717, 1.165) is 11.0 Å². The summed E-state index contributed by atoms with van der Waals surface area (Å²) in [4.78, 5) is 0. The maximum absolute atomic E-state index is 3.61. The van der Waals surface area contributed by atoms with Gasteiger partial charge in [0.1, 0.15) is 0 Å². The normalized spacial score (nSPS) is 12.4. The van der Waals surface area contributed by atoms with Crippen LogP contribution < -0.4 is 5.32 Å². The molecule has 0 amide bonds. The molecule has 0 aromatic heterocycles. The van der Waals surface area contributed by atoms with Crippen LogP contribution >= 0.6 is 31.9 Å². The minimum atomic E-state index is 0.236. The predicted molar refractivity (Wildman–Crippen MR) is 93.3 cm³/mol. The molecule has 1 atom stereocenters. The van der Waals surface area contributed by atoms with Crippen molar-refractivity contribution in [2.24, 2.45) is 0 Å². The van der Waals surface area contributed by atoms with Gasteiger partial charge in [0.25, 0.3) is 0 Å². The molecule has 106 valence electrons. The van der Waals surface area contributed by atoms with Gasteiger partial charge in [-0.1, -0.05) is 57.0 Å². The van der Waals surface area contributed by atoms with Gasteiger partial charge in [-0.15, -0.1) is 0 Å². The topological polar surface area (TPSA) is 12.0 Å². The third-order valence-corrected chi connectivity index (χ3v) is 4.85. The average Bonchev–Trinajstić information content (AvgIpc) is 2.42. The van der Waals surface area contributed by atoms with Crippen LogP contribution in [0.15, 0.2) is 45.3 Å². The second kappa shape index (κ2) is 6.88. The van der Waals surface area contributed by atoms with Crippen LogP contribution in [0.2, 0.25) is 0 Å². The van der Waals surface area contributed by atoms with Crippen molar-refractivity contribution in [2.75, 3.05) is 6.54 Å². The molecule has 3 heteroatoms. The zero-order chi connectivity index (χ0) is 14.7. The molecule has 0 saturated heterocycles. The second-order valence-corrected chi connectivity index (χ2v) is 6.77. The fraction of sp³-hybridized carbons (Fsp3) is 0.294. The minimum absolute atomic E-state index is 0.236. The molecule has 0 fully saturated rings. The van der Waals surface area contributed by atoms with E-state index < -0.39 is 0 Å². The Balaban J connectivity index is 2.48. The third-order valence-electron chi connectivity index (χ3n) is 3.47. The second-order valence-electron chi connectivity index (χ2n) is 5.00. The van der Waals surface area contributed by atoms with Crippen LogP contribution in [0.1, 0.15) is 35.2 Å². The van der Waals surface area contributed by atoms with Gasteiger partial charge in [-0.3, -0.25) is 0 Å². The van der Waals surface area contributed by atoms with Crippen molar-refractivity contribution in [1.29, 1.82) is 0 Å². The zero-order valence-corrected chi connectivity index (χ0v) is 15.2. The summed E-state index contributed by atoms with van der Waals surface area (Å²) < 4.78 is 2.28. The molecule has 20 heavy (non-hydrogen) atoms. The summed E-state index contributed by atoms with van der Waals surface area (Å²) in [5.41, 5.74) is 5.21. The molecule has 0 bridgehead atoms. The van der Waals surface area contributed by atoms with Gasteiger partial charge in [0.15, 0.2) is 0 Å². The molecule has 0 aliphatic rings. The minimum Gasteiger partial charge on any atom is -0.307 e. The van der Waals surface area contributed by atoms with Crippen molar-refractivity contribution in [3.8, 4) is 0 Å². The third kappa shape index (κ3) is 3.51. The van der Waals surface area contributed by atoms with Gasteiger partial charge in [0.2, 0.25) is 0 Å². The van der Waals surface area contributed by atoms with Crippen LogP contribution in [0.3, 0.4) is 0 Å². The highest BCUT2D eigenvalue weighted by Crippen LogP contribution is 2.30. The number of halogens is 2. The molecule has 2 rings (SSSR count). The number of benzene rings is 2. The Morgan fingerprint density at radius 3 is 2.25 bits per heavy atom. The van der Waals surface area contributed by atoms with Crippen LogP contribution in [-0.4, -0.2) is 6.54 Å². The standard InChI is InChI=1S/C17H19Br2N/c1-4-20-17(13-5-7-14(18)8-6-13)15-9-12(3)16(19)10-11(15)2/h5-10,17,20H,4H2,1-3H3. The van der Waals surface area contributed by atoms with Crippen molar-refractivity contribution in [3.05, 3.63) is 67.6 Å². The van der Waals surface area contributed by atoms with E-state index in [9.17, 15) is 0 Å². The molecule has 0 radical (unpaired) electrons. The summed E-state index contributed by atoms with van der Waals surface area (Å²) in [6.45, 7) is 7.39. The van der Waals surface area contributed by atoms with E-state index in [4.69, 9.17) is 0 Å². The summed E-state index contributed by atoms with van der Waals surface area (Å²) >= 11 is 7.11. The summed E-state index contributed by atoms with van der Waals surface area (Å²) in [5.74, 6) is 0. The van der Waals surface area contributed by atoms with E-state index in [1.807, 2.05) is 0 Å². The molecule has 1 unspecified atom stereocenters. The Kier molecular flexibility index (Phi) is 5.42. The van der Waals surface area contributed by atoms with E-state index in [0.29, 0.717) is 0 Å². The Bertz CT molecular complexity index is 591. The Morgan fingerprint density at radius 1 is 1.00 bits per heavy atom. The first-order chi connectivity index (χ1) is 9.52. The van der Waals surface area contributed by atoms with E-state index in [1.165, 1.54) is 26.7 Å². The van der Waals surface area contributed by atoms with E-state index in [1.54, 1.807) is 0 Å². The first kappa shape index (κ1) is 15.7. The molecule has 0 aliphatic heterocycles. The molecule has 0 saturated carbocycles. The van der Waals surface area contributed by atoms with Gasteiger partial charge in [-0.2, -0.15) is 0 Å². The van der Waals surface area contributed by atoms with Crippen molar-refractivity contribution >= 4 is 31.9 Å². The highest BCUT2D eigenvalue weighted by molar-refractivity contribution is 9.10. The van der Waals surface area contributed by atoms with E-state index in [2.05, 4.69) is 94.3 Å². The first-order valence-corrected chi connectivity index (χ1v) is 8.37. The Hall–Kier alpha value is -0.640. The van der Waals surface area contributed by atoms with Gasteiger partial charge in [0, 0.05) is 8.95 Å². The fourth-order valence-corrected chi connectivity index (χ4v) is 3.10. The highest BCUT2D eigenvalue weighted by Gasteiger charge is 2.16. The molecular formula is C17H19Br2N. The summed E-state index contributed by atoms with van der Waals surface area (Å²) in [7, 11) is 0. The van der Waals surface area contributed by atoms with Crippen molar-refractivity contribution < 1.29 is 0 Å². The van der Waals surface area contributed by atoms with Gasteiger partial charge >= 0.3 is 0 Å². The average molecular weight is 397 g/mol. The molecule has 0 heterocycles. The van der Waals surface area contributed by atoms with Gasteiger partial charge in [0.05, 0.1) is 6.04 Å². The predicted octanol–water partition coefficient (Wildman–Crippen LogP) is 5.53. The lowest BCUT2D eigenvalue weighted by Crippen LogP contribution is -2.23. The molecule has 0 aliphatic carbocycles. The smallest absolute Gasteiger partial charge is 0.0579 e. The highest BCUT2D eigenvalue weighted by atomic mass is 79.9. The maximum atomic E-state index is 3.61. The number of aryl methyl sites for hydroxylation is 2. The largest absolute Gasteiger partial charge is 0.307 e. The SMILES string of the molecule is CCNC(c1ccc(Br)cc1)c1cc(C)c(Br)cc1C. The molecule has 1 nitrogen and oxygen atoms in total. The number of hydrogen-bond acceptors (Lipinski definition) is 1. The molecule has 2 aromatic carbocycles. The molecule has 2 aromatic rings. The summed E-state index contributed by atoms with van der Waals surface area (Å²) in [5, 5.41) is 3.59. The van der Waals surface area contributed by atoms with Crippen molar-refractivity contribution in [1.82, 2.24) is 5.32 Å². The fourth-order valence-electron chi connectivity index (χ4n) is 2.38. The van der Waals surface area contributed by atoms with Crippen molar-refractivity contribution in [3.63, 3.8) is 0 Å². The van der Waals surface area contributed by atoms with E-state index >= 15 is 0 Å². The van der Waals surface area contributed by atoms with Crippen molar-refractivity contribution in [2.45, 2.75) is 26.8 Å².